The van der Waals surface area contributed by atoms with E-state index in [4.69, 9.17) is 10.00 Å². The summed E-state index contributed by atoms with van der Waals surface area (Å²) in [5.41, 5.74) is 3.03. The zero-order chi connectivity index (χ0) is 13.0. The minimum absolute atomic E-state index is 0.122. The van der Waals surface area contributed by atoms with Crippen LogP contribution in [0.3, 0.4) is 0 Å². The van der Waals surface area contributed by atoms with E-state index in [1.54, 1.807) is 7.11 Å². The number of hydrogen-bond donors (Lipinski definition) is 0. The zero-order valence-electron chi connectivity index (χ0n) is 11.1. The molecule has 0 amide bonds. The number of pyridine rings is 1. The smallest absolute Gasteiger partial charge is 0.128 e. The van der Waals surface area contributed by atoms with Gasteiger partial charge in [0.2, 0.25) is 0 Å². The minimum atomic E-state index is -0.122. The standard InChI is InChI=1S/C13H19N3O/c1-9-7-15-12(11(3)13(9)17-5)8-16(4)10(2)6-14/h7,10H,8H2,1-5H3. The number of ether oxygens (including phenoxy) is 1. The zero-order valence-corrected chi connectivity index (χ0v) is 11.1. The summed E-state index contributed by atoms with van der Waals surface area (Å²) in [7, 11) is 3.59. The van der Waals surface area contributed by atoms with Gasteiger partial charge in [-0.2, -0.15) is 5.26 Å². The molecule has 0 aliphatic carbocycles. The van der Waals surface area contributed by atoms with Gasteiger partial charge >= 0.3 is 0 Å². The van der Waals surface area contributed by atoms with Gasteiger partial charge in [-0.15, -0.1) is 0 Å². The molecule has 0 spiro atoms. The van der Waals surface area contributed by atoms with Crippen molar-refractivity contribution in [2.45, 2.75) is 33.4 Å². The average molecular weight is 233 g/mol. The van der Waals surface area contributed by atoms with Crippen LogP contribution in [-0.2, 0) is 6.54 Å². The highest BCUT2D eigenvalue weighted by Crippen LogP contribution is 2.24. The highest BCUT2D eigenvalue weighted by atomic mass is 16.5. The number of methoxy groups -OCH3 is 1. The lowest BCUT2D eigenvalue weighted by molar-refractivity contribution is 0.289. The molecule has 4 nitrogen and oxygen atoms in total. The third-order valence-electron chi connectivity index (χ3n) is 3.00. The normalized spacial score (nSPS) is 12.3. The third kappa shape index (κ3) is 2.95. The molecule has 1 rings (SSSR count). The molecule has 0 N–H and O–H groups in total. The van der Waals surface area contributed by atoms with Gasteiger partial charge in [-0.05, 0) is 27.8 Å². The maximum Gasteiger partial charge on any atom is 0.128 e. The second-order valence-corrected chi connectivity index (χ2v) is 4.27. The Hall–Kier alpha value is -1.60. The molecular formula is C13H19N3O. The molecule has 0 saturated heterocycles. The SMILES string of the molecule is COc1c(C)cnc(CN(C)C(C)C#N)c1C. The lowest BCUT2D eigenvalue weighted by atomic mass is 10.1. The Kier molecular flexibility index (Phi) is 4.47. The van der Waals surface area contributed by atoms with E-state index in [2.05, 4.69) is 11.1 Å². The van der Waals surface area contributed by atoms with Crippen LogP contribution in [0, 0.1) is 25.2 Å². The molecule has 0 radical (unpaired) electrons. The molecule has 1 aromatic heterocycles. The first-order chi connectivity index (χ1) is 8.01. The number of hydrogen-bond acceptors (Lipinski definition) is 4. The Balaban J connectivity index is 2.97. The fourth-order valence-electron chi connectivity index (χ4n) is 1.70. The monoisotopic (exact) mass is 233 g/mol. The molecule has 0 fully saturated rings. The summed E-state index contributed by atoms with van der Waals surface area (Å²) < 4.78 is 5.36. The number of aryl methyl sites for hydroxylation is 1. The van der Waals surface area contributed by atoms with Gasteiger partial charge in [0, 0.05) is 23.9 Å². The summed E-state index contributed by atoms with van der Waals surface area (Å²) in [5, 5.41) is 8.86. The highest BCUT2D eigenvalue weighted by molar-refractivity contribution is 5.41. The lowest BCUT2D eigenvalue weighted by Gasteiger charge is -2.20. The Morgan fingerprint density at radius 2 is 2.18 bits per heavy atom. The summed E-state index contributed by atoms with van der Waals surface area (Å²) in [6.07, 6.45) is 1.81. The van der Waals surface area contributed by atoms with Crippen LogP contribution in [0.4, 0.5) is 0 Å². The molecule has 1 unspecified atom stereocenters. The predicted octanol–water partition coefficient (Wildman–Crippen LogP) is 2.05. The van der Waals surface area contributed by atoms with E-state index in [1.807, 2.05) is 38.9 Å². The second-order valence-electron chi connectivity index (χ2n) is 4.27. The van der Waals surface area contributed by atoms with Crippen molar-refractivity contribution < 1.29 is 4.74 Å². The number of aromatic nitrogens is 1. The first-order valence-electron chi connectivity index (χ1n) is 5.60. The van der Waals surface area contributed by atoms with Gasteiger partial charge < -0.3 is 4.74 Å². The molecule has 0 saturated carbocycles. The van der Waals surface area contributed by atoms with Gasteiger partial charge in [0.25, 0.3) is 0 Å². The molecule has 1 atom stereocenters. The Labute approximate surface area is 103 Å². The van der Waals surface area contributed by atoms with Crippen molar-refractivity contribution in [3.8, 4) is 11.8 Å². The Morgan fingerprint density at radius 1 is 1.53 bits per heavy atom. The molecule has 17 heavy (non-hydrogen) atoms. The summed E-state index contributed by atoms with van der Waals surface area (Å²) in [5.74, 6) is 0.882. The predicted molar refractivity (Wildman–Crippen MR) is 66.8 cm³/mol. The molecular weight excluding hydrogens is 214 g/mol. The molecule has 0 aliphatic rings. The van der Waals surface area contributed by atoms with Crippen LogP contribution < -0.4 is 4.74 Å². The summed E-state index contributed by atoms with van der Waals surface area (Å²) in [4.78, 5) is 6.37. The van der Waals surface area contributed by atoms with Gasteiger partial charge in [-0.1, -0.05) is 0 Å². The maximum absolute atomic E-state index is 8.86. The van der Waals surface area contributed by atoms with Crippen molar-refractivity contribution >= 4 is 0 Å². The van der Waals surface area contributed by atoms with Gasteiger partial charge in [-0.25, -0.2) is 0 Å². The van der Waals surface area contributed by atoms with Gasteiger partial charge in [0.15, 0.2) is 0 Å². The van der Waals surface area contributed by atoms with Crippen LogP contribution in [0.15, 0.2) is 6.20 Å². The van der Waals surface area contributed by atoms with Crippen LogP contribution in [0.1, 0.15) is 23.7 Å². The molecule has 4 heteroatoms. The summed E-state index contributed by atoms with van der Waals surface area (Å²) in [6, 6.07) is 2.09. The average Bonchev–Trinajstić information content (AvgIpc) is 2.32. The van der Waals surface area contributed by atoms with Crippen LogP contribution in [0.5, 0.6) is 5.75 Å². The molecule has 1 heterocycles. The van der Waals surface area contributed by atoms with Crippen LogP contribution >= 0.6 is 0 Å². The van der Waals surface area contributed by atoms with Crippen molar-refractivity contribution in [3.63, 3.8) is 0 Å². The van der Waals surface area contributed by atoms with Gasteiger partial charge in [0.05, 0.1) is 24.9 Å². The molecule has 0 aromatic carbocycles. The lowest BCUT2D eigenvalue weighted by Crippen LogP contribution is -2.27. The number of nitrogens with zero attached hydrogens (tertiary/aromatic N) is 3. The Bertz CT molecular complexity index is 437. The fourth-order valence-corrected chi connectivity index (χ4v) is 1.70. The van der Waals surface area contributed by atoms with Crippen LogP contribution in [0.2, 0.25) is 0 Å². The molecule has 1 aromatic rings. The van der Waals surface area contributed by atoms with E-state index in [9.17, 15) is 0 Å². The Morgan fingerprint density at radius 3 is 2.71 bits per heavy atom. The van der Waals surface area contributed by atoms with Crippen molar-refractivity contribution in [1.82, 2.24) is 9.88 Å². The largest absolute Gasteiger partial charge is 0.496 e. The fraction of sp³-hybridized carbons (Fsp3) is 0.538. The summed E-state index contributed by atoms with van der Waals surface area (Å²) >= 11 is 0. The summed E-state index contributed by atoms with van der Waals surface area (Å²) in [6.45, 7) is 6.50. The molecule has 92 valence electrons. The van der Waals surface area contributed by atoms with E-state index in [0.717, 1.165) is 22.6 Å². The third-order valence-corrected chi connectivity index (χ3v) is 3.00. The van der Waals surface area contributed by atoms with Gasteiger partial charge in [0.1, 0.15) is 5.75 Å². The first-order valence-corrected chi connectivity index (χ1v) is 5.60. The van der Waals surface area contributed by atoms with E-state index >= 15 is 0 Å². The quantitative estimate of drug-likeness (QED) is 0.798. The van der Waals surface area contributed by atoms with Crippen molar-refractivity contribution in [1.29, 1.82) is 5.26 Å². The van der Waals surface area contributed by atoms with Crippen LogP contribution in [0.25, 0.3) is 0 Å². The minimum Gasteiger partial charge on any atom is -0.496 e. The topological polar surface area (TPSA) is 49.1 Å². The van der Waals surface area contributed by atoms with Crippen LogP contribution in [-0.4, -0.2) is 30.1 Å². The van der Waals surface area contributed by atoms with E-state index in [1.165, 1.54) is 0 Å². The van der Waals surface area contributed by atoms with Crippen molar-refractivity contribution in [3.05, 3.63) is 23.0 Å². The number of nitriles is 1. The second kappa shape index (κ2) is 5.65. The van der Waals surface area contributed by atoms with Crippen molar-refractivity contribution in [2.75, 3.05) is 14.2 Å². The van der Waals surface area contributed by atoms with Gasteiger partial charge in [-0.3, -0.25) is 9.88 Å². The highest BCUT2D eigenvalue weighted by Gasteiger charge is 2.14. The number of rotatable bonds is 4. The van der Waals surface area contributed by atoms with E-state index < -0.39 is 0 Å². The maximum atomic E-state index is 8.86. The van der Waals surface area contributed by atoms with E-state index in [-0.39, 0.29) is 6.04 Å². The molecule has 0 aliphatic heterocycles. The van der Waals surface area contributed by atoms with Crippen molar-refractivity contribution in [2.24, 2.45) is 0 Å². The van der Waals surface area contributed by atoms with E-state index in [0.29, 0.717) is 6.54 Å². The molecule has 0 bridgehead atoms. The first kappa shape index (κ1) is 13.5.